The van der Waals surface area contributed by atoms with Crippen LogP contribution in [0.3, 0.4) is 0 Å². The largest absolute Gasteiger partial charge is 0.457 e. The van der Waals surface area contributed by atoms with Gasteiger partial charge in [0, 0.05) is 45.1 Å². The van der Waals surface area contributed by atoms with Crippen molar-refractivity contribution in [2.24, 2.45) is 0 Å². The quantitative estimate of drug-likeness (QED) is 0.178. The van der Waals surface area contributed by atoms with E-state index in [2.05, 4.69) is 137 Å². The molecule has 7 nitrogen and oxygen atoms in total. The van der Waals surface area contributed by atoms with Gasteiger partial charge in [-0.2, -0.15) is 10.5 Å². The van der Waals surface area contributed by atoms with Crippen LogP contribution < -0.4 is 4.74 Å². The lowest BCUT2D eigenvalue weighted by atomic mass is 9.66. The zero-order chi connectivity index (χ0) is 41.1. The van der Waals surface area contributed by atoms with Crippen molar-refractivity contribution in [3.63, 3.8) is 0 Å². The van der Waals surface area contributed by atoms with Gasteiger partial charge in [-0.05, 0) is 113 Å². The van der Waals surface area contributed by atoms with Crippen molar-refractivity contribution >= 4 is 43.6 Å². The average Bonchev–Trinajstić information content (AvgIpc) is 3.95. The van der Waals surface area contributed by atoms with Gasteiger partial charge in [-0.15, -0.1) is 0 Å². The predicted molar refractivity (Wildman–Crippen MR) is 243 cm³/mol. The van der Waals surface area contributed by atoms with Crippen LogP contribution in [0.15, 0.2) is 182 Å². The molecule has 7 aromatic carbocycles. The molecule has 2 aliphatic rings. The van der Waals surface area contributed by atoms with Gasteiger partial charge in [-0.3, -0.25) is 9.97 Å². The van der Waals surface area contributed by atoms with Crippen molar-refractivity contribution in [1.29, 1.82) is 10.5 Å². The van der Waals surface area contributed by atoms with Crippen LogP contribution in [0, 0.1) is 22.7 Å². The lowest BCUT2D eigenvalue weighted by molar-refractivity contribution is 0.436. The smallest absolute Gasteiger partial charge is 0.132 e. The summed E-state index contributed by atoms with van der Waals surface area (Å²) in [5.41, 5.74) is 14.5. The van der Waals surface area contributed by atoms with Crippen molar-refractivity contribution in [3.05, 3.63) is 216 Å². The number of fused-ring (bicyclic) bond motifs is 15. The second-order valence-electron chi connectivity index (χ2n) is 16.0. The normalized spacial score (nSPS) is 13.1. The van der Waals surface area contributed by atoms with E-state index >= 15 is 0 Å². The summed E-state index contributed by atoms with van der Waals surface area (Å²) >= 11 is 0. The third kappa shape index (κ3) is 4.46. The summed E-state index contributed by atoms with van der Waals surface area (Å²) in [7, 11) is 0. The summed E-state index contributed by atoms with van der Waals surface area (Å²) in [6.07, 6.45) is 3.69. The zero-order valence-electron chi connectivity index (χ0n) is 32.9. The van der Waals surface area contributed by atoms with Gasteiger partial charge >= 0.3 is 0 Å². The maximum atomic E-state index is 9.99. The molecule has 1 spiro atoms. The number of pyridine rings is 2. The Morgan fingerprint density at radius 2 is 0.935 bits per heavy atom. The minimum atomic E-state index is -0.716. The Morgan fingerprint density at radius 3 is 1.58 bits per heavy atom. The van der Waals surface area contributed by atoms with Gasteiger partial charge < -0.3 is 13.9 Å². The van der Waals surface area contributed by atoms with E-state index in [1.807, 2.05) is 67.0 Å². The molecule has 0 bridgehead atoms. The van der Waals surface area contributed by atoms with E-state index in [0.29, 0.717) is 11.1 Å². The van der Waals surface area contributed by atoms with Crippen LogP contribution in [0.2, 0.25) is 0 Å². The van der Waals surface area contributed by atoms with E-state index in [1.165, 1.54) is 0 Å². The minimum absolute atomic E-state index is 0.609. The van der Waals surface area contributed by atoms with Crippen molar-refractivity contribution in [3.8, 4) is 57.5 Å². The molecule has 0 saturated heterocycles. The number of benzene rings is 7. The number of hydrogen-bond donors (Lipinski definition) is 0. The van der Waals surface area contributed by atoms with Gasteiger partial charge in [0.25, 0.3) is 0 Å². The fourth-order valence-electron chi connectivity index (χ4n) is 10.4. The topological polar surface area (TPSA) is 92.4 Å². The number of para-hydroxylation sites is 3. The molecule has 4 aromatic heterocycles. The summed E-state index contributed by atoms with van der Waals surface area (Å²) < 4.78 is 11.4. The molecule has 1 aliphatic carbocycles. The monoisotopic (exact) mass is 790 g/mol. The molecule has 0 N–H and O–H groups in total. The van der Waals surface area contributed by atoms with Crippen molar-refractivity contribution < 1.29 is 4.74 Å². The molecule has 11 aromatic rings. The molecule has 62 heavy (non-hydrogen) atoms. The standard InChI is InChI=1S/C55H30N6O/c56-31-33-17-21-47-39(27-33)37-9-1-4-14-45(37)60(47)49-23-19-36(30-50(49)61-46-15-5-2-10-38(46)40-28-34(32-57)18-22-48(40)61)35-20-24-52-44(29-35)55(41-11-3-6-16-51(41)62-52)42-12-7-25-58-53(42)54-43(55)13-8-26-59-54/h1-30H. The number of nitriles is 2. The molecule has 1 aliphatic heterocycles. The molecule has 0 atom stereocenters. The van der Waals surface area contributed by atoms with E-state index in [0.717, 1.165) is 111 Å². The van der Waals surface area contributed by atoms with Crippen LogP contribution in [-0.4, -0.2) is 19.1 Å². The van der Waals surface area contributed by atoms with Crippen LogP contribution >= 0.6 is 0 Å². The summed E-state index contributed by atoms with van der Waals surface area (Å²) in [4.78, 5) is 9.84. The Balaban J connectivity index is 1.12. The number of rotatable bonds is 3. The summed E-state index contributed by atoms with van der Waals surface area (Å²) in [6.45, 7) is 0. The molecule has 286 valence electrons. The van der Waals surface area contributed by atoms with E-state index in [-0.39, 0.29) is 0 Å². The number of nitrogens with zero attached hydrogens (tertiary/aromatic N) is 6. The Labute approximate surface area is 355 Å². The van der Waals surface area contributed by atoms with Gasteiger partial charge in [-0.1, -0.05) is 78.9 Å². The molecule has 0 unspecified atom stereocenters. The highest BCUT2D eigenvalue weighted by Gasteiger charge is 2.52. The Bertz CT molecular complexity index is 3790. The molecule has 0 amide bonds. The van der Waals surface area contributed by atoms with Gasteiger partial charge in [0.15, 0.2) is 0 Å². The molecule has 7 heteroatoms. The highest BCUT2D eigenvalue weighted by Crippen LogP contribution is 2.61. The number of ether oxygens (including phenoxy) is 1. The zero-order valence-corrected chi connectivity index (χ0v) is 32.9. The van der Waals surface area contributed by atoms with E-state index < -0.39 is 5.41 Å². The maximum Gasteiger partial charge on any atom is 0.132 e. The van der Waals surface area contributed by atoms with Gasteiger partial charge in [0.2, 0.25) is 0 Å². The fourth-order valence-corrected chi connectivity index (χ4v) is 10.4. The number of aromatic nitrogens is 4. The van der Waals surface area contributed by atoms with Gasteiger partial charge in [0.05, 0.1) is 73.5 Å². The summed E-state index contributed by atoms with van der Waals surface area (Å²) in [5, 5.41) is 24.1. The van der Waals surface area contributed by atoms with Gasteiger partial charge in [0.1, 0.15) is 11.5 Å². The second-order valence-corrected chi connectivity index (χ2v) is 16.0. The van der Waals surface area contributed by atoms with Gasteiger partial charge in [-0.25, -0.2) is 0 Å². The molecule has 0 radical (unpaired) electrons. The number of hydrogen-bond acceptors (Lipinski definition) is 5. The summed E-state index contributed by atoms with van der Waals surface area (Å²) in [5.74, 6) is 1.60. The van der Waals surface area contributed by atoms with Crippen LogP contribution in [0.1, 0.15) is 33.4 Å². The SMILES string of the molecule is N#Cc1ccc2c(c1)c1ccccc1n2-c1ccc(-c2ccc3c(c2)C2(c4ccccc4O3)c3cccnc3-c3ncccc32)cc1-n1c2ccccc2c2cc(C#N)ccc21. The highest BCUT2D eigenvalue weighted by molar-refractivity contribution is 6.12. The average molecular weight is 791 g/mol. The van der Waals surface area contributed by atoms with E-state index in [4.69, 9.17) is 14.7 Å². The van der Waals surface area contributed by atoms with Crippen LogP contribution in [-0.2, 0) is 5.41 Å². The molecule has 13 rings (SSSR count). The first-order valence-electron chi connectivity index (χ1n) is 20.5. The first-order chi connectivity index (χ1) is 30.6. The fraction of sp³-hybridized carbons (Fsp3) is 0.0182. The maximum absolute atomic E-state index is 9.99. The lowest BCUT2D eigenvalue weighted by Crippen LogP contribution is -2.32. The molecule has 5 heterocycles. The second kappa shape index (κ2) is 12.6. The van der Waals surface area contributed by atoms with E-state index in [1.54, 1.807) is 0 Å². The lowest BCUT2D eigenvalue weighted by Gasteiger charge is -2.39. The van der Waals surface area contributed by atoms with Crippen LogP contribution in [0.5, 0.6) is 11.5 Å². The Morgan fingerprint density at radius 1 is 0.419 bits per heavy atom. The first kappa shape index (κ1) is 34.1. The highest BCUT2D eigenvalue weighted by atomic mass is 16.5. The van der Waals surface area contributed by atoms with Crippen LogP contribution in [0.4, 0.5) is 0 Å². The minimum Gasteiger partial charge on any atom is -0.457 e. The first-order valence-corrected chi connectivity index (χ1v) is 20.5. The third-order valence-corrected chi connectivity index (χ3v) is 12.9. The molecule has 0 fully saturated rings. The molecular formula is C55H30N6O. The van der Waals surface area contributed by atoms with Crippen molar-refractivity contribution in [1.82, 2.24) is 19.1 Å². The van der Waals surface area contributed by atoms with Crippen molar-refractivity contribution in [2.75, 3.05) is 0 Å². The molecule has 0 saturated carbocycles. The predicted octanol–water partition coefficient (Wildman–Crippen LogP) is 12.5. The Kier molecular flexibility index (Phi) is 6.94. The summed E-state index contributed by atoms with van der Waals surface area (Å²) in [6, 6.07) is 63.3. The van der Waals surface area contributed by atoms with Crippen molar-refractivity contribution in [2.45, 2.75) is 5.41 Å². The third-order valence-electron chi connectivity index (χ3n) is 12.9. The van der Waals surface area contributed by atoms with E-state index in [9.17, 15) is 10.5 Å². The van der Waals surface area contributed by atoms with Crippen LogP contribution in [0.25, 0.3) is 77.5 Å². The Hall–Kier alpha value is -8.78. The molecular weight excluding hydrogens is 761 g/mol.